The molecule has 1 aromatic carbocycles. The van der Waals surface area contributed by atoms with Gasteiger partial charge in [-0.2, -0.15) is 0 Å². The second kappa shape index (κ2) is 8.54. The van der Waals surface area contributed by atoms with E-state index >= 15 is 0 Å². The summed E-state index contributed by atoms with van der Waals surface area (Å²) in [7, 11) is 3.12. The number of benzene rings is 1. The van der Waals surface area contributed by atoms with Crippen molar-refractivity contribution in [2.75, 3.05) is 32.7 Å². The average Bonchev–Trinajstić information content (AvgIpc) is 2.88. The topological polar surface area (TPSA) is 89.0 Å². The third-order valence-electron chi connectivity index (χ3n) is 3.08. The van der Waals surface area contributed by atoms with Crippen molar-refractivity contribution in [1.82, 2.24) is 5.32 Å². The number of thioether (sulfide) groups is 1. The number of methoxy groups -OCH3 is 2. The second-order valence-electron chi connectivity index (χ2n) is 4.73. The van der Waals surface area contributed by atoms with Crippen molar-refractivity contribution in [3.05, 3.63) is 24.3 Å². The first-order valence-electron chi connectivity index (χ1n) is 7.08. The number of hydrogen-bond donors (Lipinski definition) is 2. The first-order valence-corrected chi connectivity index (χ1v) is 7.95. The van der Waals surface area contributed by atoms with Crippen molar-refractivity contribution in [3.8, 4) is 5.75 Å². The summed E-state index contributed by atoms with van der Waals surface area (Å²) >= 11 is 1.26. The van der Waals surface area contributed by atoms with Crippen LogP contribution in [0.1, 0.15) is 6.42 Å². The number of carbonyl (C=O) groups is 2. The molecule has 0 radical (unpaired) electrons. The summed E-state index contributed by atoms with van der Waals surface area (Å²) in [5.41, 5.74) is 0.581. The summed E-state index contributed by atoms with van der Waals surface area (Å²) in [6.07, 6.45) is 0.0673. The van der Waals surface area contributed by atoms with E-state index in [9.17, 15) is 9.59 Å². The Kier molecular flexibility index (Phi) is 6.42. The third-order valence-corrected chi connectivity index (χ3v) is 4.20. The number of nitrogens with zero attached hydrogens (tertiary/aromatic N) is 1. The molecule has 1 heterocycles. The van der Waals surface area contributed by atoms with E-state index in [1.807, 2.05) is 6.07 Å². The normalized spacial score (nSPS) is 18.8. The summed E-state index contributed by atoms with van der Waals surface area (Å²) < 4.78 is 10.1. The molecule has 0 aliphatic carbocycles. The maximum atomic E-state index is 12.1. The van der Waals surface area contributed by atoms with Gasteiger partial charge in [0.2, 0.25) is 11.8 Å². The number of carbonyl (C=O) groups excluding carboxylic acids is 2. The van der Waals surface area contributed by atoms with Gasteiger partial charge in [0.1, 0.15) is 11.0 Å². The Morgan fingerprint density at radius 1 is 1.39 bits per heavy atom. The number of rotatable bonds is 7. The van der Waals surface area contributed by atoms with E-state index in [4.69, 9.17) is 9.47 Å². The van der Waals surface area contributed by atoms with Gasteiger partial charge in [-0.05, 0) is 12.1 Å². The number of ether oxygens (including phenoxy) is 2. The third kappa shape index (κ3) is 4.97. The predicted octanol–water partition coefficient (Wildman–Crippen LogP) is 1.26. The van der Waals surface area contributed by atoms with Crippen molar-refractivity contribution >= 4 is 34.4 Å². The molecule has 0 unspecified atom stereocenters. The minimum Gasteiger partial charge on any atom is -0.495 e. The first kappa shape index (κ1) is 17.3. The monoisotopic (exact) mass is 337 g/mol. The van der Waals surface area contributed by atoms with Gasteiger partial charge in [-0.25, -0.2) is 0 Å². The van der Waals surface area contributed by atoms with E-state index in [-0.39, 0.29) is 18.2 Å². The number of para-hydroxylation sites is 2. The molecule has 23 heavy (non-hydrogen) atoms. The Bertz CT molecular complexity index is 606. The van der Waals surface area contributed by atoms with Crippen LogP contribution in [-0.4, -0.2) is 49.6 Å². The summed E-state index contributed by atoms with van der Waals surface area (Å²) in [6, 6.07) is 7.12. The average molecular weight is 337 g/mol. The Hall–Kier alpha value is -2.06. The van der Waals surface area contributed by atoms with Gasteiger partial charge in [-0.15, -0.1) is 0 Å². The molecule has 0 bridgehead atoms. The van der Waals surface area contributed by atoms with Gasteiger partial charge in [0.25, 0.3) is 0 Å². The van der Waals surface area contributed by atoms with E-state index in [1.165, 1.54) is 18.9 Å². The zero-order chi connectivity index (χ0) is 16.7. The molecule has 0 spiro atoms. The SMILES string of the molecule is COCCN=C1NC(=O)[C@H](CC(=O)Nc2ccccc2OC)S1. The Labute approximate surface area is 138 Å². The van der Waals surface area contributed by atoms with E-state index in [0.29, 0.717) is 29.8 Å². The fourth-order valence-corrected chi connectivity index (χ4v) is 2.97. The van der Waals surface area contributed by atoms with Crippen LogP contribution in [0.25, 0.3) is 0 Å². The van der Waals surface area contributed by atoms with Crippen LogP contribution in [0.5, 0.6) is 5.75 Å². The highest BCUT2D eigenvalue weighted by atomic mass is 32.2. The highest BCUT2D eigenvalue weighted by molar-refractivity contribution is 8.15. The lowest BCUT2D eigenvalue weighted by Crippen LogP contribution is -2.28. The van der Waals surface area contributed by atoms with Gasteiger partial charge in [-0.1, -0.05) is 23.9 Å². The molecule has 1 atom stereocenters. The zero-order valence-corrected chi connectivity index (χ0v) is 13.8. The van der Waals surface area contributed by atoms with Crippen molar-refractivity contribution < 1.29 is 19.1 Å². The first-order chi connectivity index (χ1) is 11.1. The molecule has 124 valence electrons. The van der Waals surface area contributed by atoms with Gasteiger partial charge >= 0.3 is 0 Å². The largest absolute Gasteiger partial charge is 0.495 e. The standard InChI is InChI=1S/C15H19N3O4S/c1-21-8-7-16-15-18-14(20)12(23-15)9-13(19)17-10-5-3-4-6-11(10)22-2/h3-6,12H,7-9H2,1-2H3,(H,17,19)(H,16,18,20)/t12-/m0/s1. The van der Waals surface area contributed by atoms with Gasteiger partial charge in [0, 0.05) is 13.5 Å². The Morgan fingerprint density at radius 2 is 2.17 bits per heavy atom. The van der Waals surface area contributed by atoms with Crippen molar-refractivity contribution in [2.45, 2.75) is 11.7 Å². The van der Waals surface area contributed by atoms with Crippen LogP contribution in [0.3, 0.4) is 0 Å². The van der Waals surface area contributed by atoms with Crippen LogP contribution in [-0.2, 0) is 14.3 Å². The van der Waals surface area contributed by atoms with Gasteiger partial charge in [-0.3, -0.25) is 14.6 Å². The molecule has 8 heteroatoms. The number of nitrogens with one attached hydrogen (secondary N) is 2. The van der Waals surface area contributed by atoms with Crippen molar-refractivity contribution in [3.63, 3.8) is 0 Å². The summed E-state index contributed by atoms with van der Waals surface area (Å²) in [5.74, 6) is 0.118. The number of amides is 2. The Morgan fingerprint density at radius 3 is 2.91 bits per heavy atom. The van der Waals surface area contributed by atoms with Crippen molar-refractivity contribution in [1.29, 1.82) is 0 Å². The summed E-state index contributed by atoms with van der Waals surface area (Å²) in [5, 5.41) is 5.48. The number of hydrogen-bond acceptors (Lipinski definition) is 6. The van der Waals surface area contributed by atoms with E-state index in [1.54, 1.807) is 25.3 Å². The van der Waals surface area contributed by atoms with Crippen LogP contribution < -0.4 is 15.4 Å². The molecule has 1 aromatic rings. The van der Waals surface area contributed by atoms with E-state index < -0.39 is 5.25 Å². The molecule has 0 saturated carbocycles. The van der Waals surface area contributed by atoms with E-state index in [2.05, 4.69) is 15.6 Å². The number of amidine groups is 1. The quantitative estimate of drug-likeness (QED) is 0.731. The summed E-state index contributed by atoms with van der Waals surface area (Å²) in [6.45, 7) is 0.956. The zero-order valence-electron chi connectivity index (χ0n) is 13.0. The predicted molar refractivity (Wildman–Crippen MR) is 89.9 cm³/mol. The van der Waals surface area contributed by atoms with Gasteiger partial charge < -0.3 is 20.1 Å². The highest BCUT2D eigenvalue weighted by Gasteiger charge is 2.32. The molecule has 2 amide bonds. The van der Waals surface area contributed by atoms with E-state index in [0.717, 1.165) is 0 Å². The maximum absolute atomic E-state index is 12.1. The molecular formula is C15H19N3O4S. The molecule has 1 aliphatic heterocycles. The molecule has 0 aromatic heterocycles. The lowest BCUT2D eigenvalue weighted by molar-refractivity contribution is -0.122. The number of anilines is 1. The van der Waals surface area contributed by atoms with Crippen molar-refractivity contribution in [2.24, 2.45) is 4.99 Å². The maximum Gasteiger partial charge on any atom is 0.240 e. The fraction of sp³-hybridized carbons (Fsp3) is 0.400. The van der Waals surface area contributed by atoms with Gasteiger partial charge in [0.05, 0.1) is 25.9 Å². The molecule has 1 saturated heterocycles. The lowest BCUT2D eigenvalue weighted by atomic mass is 10.2. The van der Waals surface area contributed by atoms with Crippen LogP contribution in [0.15, 0.2) is 29.3 Å². The van der Waals surface area contributed by atoms with Crippen LogP contribution in [0, 0.1) is 0 Å². The molecular weight excluding hydrogens is 318 g/mol. The molecule has 1 aliphatic rings. The molecule has 2 N–H and O–H groups in total. The Balaban J connectivity index is 1.90. The minimum atomic E-state index is -0.481. The number of aliphatic imine (C=N–C) groups is 1. The smallest absolute Gasteiger partial charge is 0.240 e. The molecule has 2 rings (SSSR count). The molecule has 7 nitrogen and oxygen atoms in total. The van der Waals surface area contributed by atoms with Crippen LogP contribution in [0.2, 0.25) is 0 Å². The summed E-state index contributed by atoms with van der Waals surface area (Å²) in [4.78, 5) is 28.2. The van der Waals surface area contributed by atoms with Crippen LogP contribution >= 0.6 is 11.8 Å². The lowest BCUT2D eigenvalue weighted by Gasteiger charge is -2.10. The minimum absolute atomic E-state index is 0.0673. The highest BCUT2D eigenvalue weighted by Crippen LogP contribution is 2.26. The second-order valence-corrected chi connectivity index (χ2v) is 5.92. The fourth-order valence-electron chi connectivity index (χ4n) is 1.97. The van der Waals surface area contributed by atoms with Gasteiger partial charge in [0.15, 0.2) is 5.17 Å². The molecule has 1 fully saturated rings. The van der Waals surface area contributed by atoms with Crippen LogP contribution in [0.4, 0.5) is 5.69 Å².